The molecule has 20 heavy (non-hydrogen) atoms. The van der Waals surface area contributed by atoms with Crippen LogP contribution in [0.5, 0.6) is 0 Å². The summed E-state index contributed by atoms with van der Waals surface area (Å²) in [5.41, 5.74) is 3.24. The minimum Gasteiger partial charge on any atom is -0.370 e. The highest BCUT2D eigenvalue weighted by atomic mass is 32.1. The number of nitrogens with zero attached hydrogens (tertiary/aromatic N) is 3. The van der Waals surface area contributed by atoms with Crippen molar-refractivity contribution in [2.45, 2.75) is 32.8 Å². The lowest BCUT2D eigenvalue weighted by Gasteiger charge is -2.07. The largest absolute Gasteiger partial charge is 0.370 e. The molecule has 0 radical (unpaired) electrons. The number of hydrogen-bond acceptors (Lipinski definition) is 4. The first-order chi connectivity index (χ1) is 9.65. The van der Waals surface area contributed by atoms with E-state index in [1.54, 1.807) is 10.9 Å². The van der Waals surface area contributed by atoms with Gasteiger partial charge in [-0.15, -0.1) is 0 Å². The molecule has 0 bridgehead atoms. The summed E-state index contributed by atoms with van der Waals surface area (Å²) in [5, 5.41) is 11.5. The number of aryl methyl sites for hydroxylation is 2. The SMILES string of the molecule is Cc1cc(/C=N/n2c([C@@H]3CCCO3)n[nH]c2=S)c(C)[nH]1. The van der Waals surface area contributed by atoms with Gasteiger partial charge in [0.05, 0.1) is 6.21 Å². The van der Waals surface area contributed by atoms with Gasteiger partial charge in [-0.1, -0.05) is 0 Å². The van der Waals surface area contributed by atoms with Gasteiger partial charge >= 0.3 is 0 Å². The van der Waals surface area contributed by atoms with Crippen molar-refractivity contribution in [3.63, 3.8) is 0 Å². The van der Waals surface area contributed by atoms with Crippen molar-refractivity contribution in [2.75, 3.05) is 6.61 Å². The van der Waals surface area contributed by atoms with Crippen LogP contribution in [-0.2, 0) is 4.74 Å². The fourth-order valence-corrected chi connectivity index (χ4v) is 2.59. The molecule has 0 aromatic carbocycles. The van der Waals surface area contributed by atoms with E-state index in [0.29, 0.717) is 4.77 Å². The lowest BCUT2D eigenvalue weighted by Crippen LogP contribution is -2.05. The Morgan fingerprint density at radius 3 is 3.05 bits per heavy atom. The monoisotopic (exact) mass is 291 g/mol. The van der Waals surface area contributed by atoms with Crippen LogP contribution in [0.15, 0.2) is 11.2 Å². The number of nitrogens with one attached hydrogen (secondary N) is 2. The summed E-state index contributed by atoms with van der Waals surface area (Å²) in [4.78, 5) is 3.25. The maximum atomic E-state index is 5.64. The minimum atomic E-state index is -0.0193. The van der Waals surface area contributed by atoms with Gasteiger partial charge in [0, 0.05) is 23.6 Å². The second kappa shape index (κ2) is 5.34. The Morgan fingerprint density at radius 1 is 1.55 bits per heavy atom. The van der Waals surface area contributed by atoms with Gasteiger partial charge in [0.2, 0.25) is 4.77 Å². The molecular weight excluding hydrogens is 274 g/mol. The van der Waals surface area contributed by atoms with E-state index in [1.165, 1.54) is 0 Å². The third-order valence-electron chi connectivity index (χ3n) is 3.40. The Bertz CT molecular complexity index is 690. The Balaban J connectivity index is 1.92. The number of ether oxygens (including phenoxy) is 1. The quantitative estimate of drug-likeness (QED) is 0.674. The number of hydrogen-bond donors (Lipinski definition) is 2. The molecule has 3 rings (SSSR count). The highest BCUT2D eigenvalue weighted by molar-refractivity contribution is 7.71. The van der Waals surface area contributed by atoms with Gasteiger partial charge in [0.25, 0.3) is 0 Å². The van der Waals surface area contributed by atoms with Crippen molar-refractivity contribution in [1.29, 1.82) is 0 Å². The molecule has 3 heterocycles. The first-order valence-electron chi connectivity index (χ1n) is 6.64. The molecule has 1 aliphatic heterocycles. The lowest BCUT2D eigenvalue weighted by molar-refractivity contribution is 0.102. The van der Waals surface area contributed by atoms with Crippen molar-refractivity contribution < 1.29 is 4.74 Å². The number of rotatable bonds is 3. The van der Waals surface area contributed by atoms with Gasteiger partial charge in [0.15, 0.2) is 5.82 Å². The third-order valence-corrected chi connectivity index (χ3v) is 3.66. The van der Waals surface area contributed by atoms with Gasteiger partial charge in [-0.3, -0.25) is 5.10 Å². The second-order valence-corrected chi connectivity index (χ2v) is 5.36. The molecule has 1 saturated heterocycles. The molecule has 6 nitrogen and oxygen atoms in total. The van der Waals surface area contributed by atoms with E-state index < -0.39 is 0 Å². The van der Waals surface area contributed by atoms with Crippen molar-refractivity contribution in [2.24, 2.45) is 5.10 Å². The normalized spacial score (nSPS) is 19.2. The molecule has 0 amide bonds. The fourth-order valence-electron chi connectivity index (χ4n) is 2.40. The first kappa shape index (κ1) is 13.3. The zero-order chi connectivity index (χ0) is 14.1. The molecule has 1 fully saturated rings. The van der Waals surface area contributed by atoms with E-state index in [9.17, 15) is 0 Å². The van der Waals surface area contributed by atoms with E-state index >= 15 is 0 Å². The summed E-state index contributed by atoms with van der Waals surface area (Å²) in [6.07, 6.45) is 3.78. The van der Waals surface area contributed by atoms with Crippen LogP contribution in [0.25, 0.3) is 0 Å². The zero-order valence-corrected chi connectivity index (χ0v) is 12.3. The van der Waals surface area contributed by atoms with E-state index in [1.807, 2.05) is 19.9 Å². The van der Waals surface area contributed by atoms with Crippen LogP contribution < -0.4 is 0 Å². The molecular formula is C13H17N5OS. The predicted octanol–water partition coefficient (Wildman–Crippen LogP) is 2.62. The maximum absolute atomic E-state index is 5.64. The molecule has 2 aromatic heterocycles. The molecule has 1 atom stereocenters. The van der Waals surface area contributed by atoms with Gasteiger partial charge in [-0.2, -0.15) is 14.9 Å². The van der Waals surface area contributed by atoms with Crippen molar-refractivity contribution in [1.82, 2.24) is 19.9 Å². The smallest absolute Gasteiger partial charge is 0.216 e. The van der Waals surface area contributed by atoms with Crippen LogP contribution in [0, 0.1) is 18.6 Å². The Hall–Kier alpha value is -1.73. The molecule has 0 unspecified atom stereocenters. The molecule has 1 aliphatic rings. The zero-order valence-electron chi connectivity index (χ0n) is 11.5. The minimum absolute atomic E-state index is 0.0193. The first-order valence-corrected chi connectivity index (χ1v) is 7.05. The van der Waals surface area contributed by atoms with Crippen LogP contribution in [0.3, 0.4) is 0 Å². The fraction of sp³-hybridized carbons (Fsp3) is 0.462. The molecule has 7 heteroatoms. The van der Waals surface area contributed by atoms with Crippen LogP contribution >= 0.6 is 12.2 Å². The van der Waals surface area contributed by atoms with E-state index in [2.05, 4.69) is 20.3 Å². The van der Waals surface area contributed by atoms with Crippen LogP contribution in [0.4, 0.5) is 0 Å². The average molecular weight is 291 g/mol. The van der Waals surface area contributed by atoms with Crippen molar-refractivity contribution in [3.8, 4) is 0 Å². The highest BCUT2D eigenvalue weighted by Gasteiger charge is 2.23. The van der Waals surface area contributed by atoms with Crippen LogP contribution in [-0.4, -0.2) is 32.7 Å². The third kappa shape index (κ3) is 2.46. The van der Waals surface area contributed by atoms with Crippen LogP contribution in [0.1, 0.15) is 41.7 Å². The summed E-state index contributed by atoms with van der Waals surface area (Å²) < 4.78 is 7.77. The molecule has 0 aliphatic carbocycles. The number of aromatic amines is 2. The Labute approximate surface area is 121 Å². The van der Waals surface area contributed by atoms with Gasteiger partial charge in [0.1, 0.15) is 6.10 Å². The standard InChI is InChI=1S/C13H17N5OS/c1-8-6-10(9(2)15-8)7-14-18-12(16-17-13(18)20)11-4-3-5-19-11/h6-7,11,15H,3-5H2,1-2H3,(H,17,20)/b14-7+/t11-/m0/s1. The highest BCUT2D eigenvalue weighted by Crippen LogP contribution is 2.26. The summed E-state index contributed by atoms with van der Waals surface area (Å²) in [7, 11) is 0. The van der Waals surface area contributed by atoms with Gasteiger partial charge < -0.3 is 9.72 Å². The van der Waals surface area contributed by atoms with Crippen LogP contribution in [0.2, 0.25) is 0 Å². The molecule has 0 saturated carbocycles. The Kier molecular flexibility index (Phi) is 3.54. The second-order valence-electron chi connectivity index (χ2n) is 4.98. The average Bonchev–Trinajstić information content (AvgIpc) is 3.09. The topological polar surface area (TPSA) is 71.0 Å². The summed E-state index contributed by atoms with van der Waals surface area (Å²) in [6.45, 7) is 4.81. The van der Waals surface area contributed by atoms with E-state index in [-0.39, 0.29) is 6.10 Å². The van der Waals surface area contributed by atoms with Crippen molar-refractivity contribution >= 4 is 18.4 Å². The lowest BCUT2D eigenvalue weighted by atomic mass is 10.2. The molecule has 0 spiro atoms. The Morgan fingerprint density at radius 2 is 2.40 bits per heavy atom. The predicted molar refractivity (Wildman–Crippen MR) is 78.6 cm³/mol. The number of H-pyrrole nitrogens is 2. The molecule has 2 aromatic rings. The van der Waals surface area contributed by atoms with Crippen molar-refractivity contribution in [3.05, 3.63) is 33.6 Å². The van der Waals surface area contributed by atoms with Gasteiger partial charge in [-0.05, 0) is 45.0 Å². The molecule has 2 N–H and O–H groups in total. The molecule has 106 valence electrons. The van der Waals surface area contributed by atoms with E-state index in [4.69, 9.17) is 17.0 Å². The number of aromatic nitrogens is 4. The maximum Gasteiger partial charge on any atom is 0.216 e. The van der Waals surface area contributed by atoms with E-state index in [0.717, 1.165) is 42.2 Å². The van der Waals surface area contributed by atoms with Gasteiger partial charge in [-0.25, -0.2) is 0 Å². The summed E-state index contributed by atoms with van der Waals surface area (Å²) in [6, 6.07) is 2.05. The summed E-state index contributed by atoms with van der Waals surface area (Å²) >= 11 is 5.23. The summed E-state index contributed by atoms with van der Waals surface area (Å²) in [5.74, 6) is 0.744.